The fourth-order valence-corrected chi connectivity index (χ4v) is 6.27. The number of rotatable bonds is 15. The van der Waals surface area contributed by atoms with E-state index in [0.717, 1.165) is 86.7 Å². The molecule has 0 spiro atoms. The van der Waals surface area contributed by atoms with Crippen molar-refractivity contribution in [1.82, 2.24) is 10.9 Å². The lowest BCUT2D eigenvalue weighted by Crippen LogP contribution is -2.24. The Bertz CT molecular complexity index is 1310. The predicted octanol–water partition coefficient (Wildman–Crippen LogP) is 7.45. The molecule has 2 aliphatic carbocycles. The Morgan fingerprint density at radius 1 is 0.542 bits per heavy atom. The van der Waals surface area contributed by atoms with Gasteiger partial charge in [0, 0.05) is 36.1 Å². The molecule has 0 aromatic heterocycles. The molecule has 0 heterocycles. The molecular weight excluding hydrogens is 604 g/mol. The van der Waals surface area contributed by atoms with Gasteiger partial charge in [0.1, 0.15) is 0 Å². The van der Waals surface area contributed by atoms with E-state index in [1.165, 1.54) is 12.8 Å². The second-order valence-corrected chi connectivity index (χ2v) is 13.2. The van der Waals surface area contributed by atoms with Crippen molar-refractivity contribution in [2.45, 2.75) is 117 Å². The van der Waals surface area contributed by atoms with Gasteiger partial charge in [-0.2, -0.15) is 10.2 Å². The van der Waals surface area contributed by atoms with Gasteiger partial charge in [-0.05, 0) is 87.8 Å². The summed E-state index contributed by atoms with van der Waals surface area (Å²) in [5.41, 5.74) is 9.91. The van der Waals surface area contributed by atoms with E-state index in [1.54, 1.807) is 0 Å². The Hall–Kier alpha value is -4.34. The lowest BCUT2D eigenvalue weighted by molar-refractivity contribution is -0.122. The van der Waals surface area contributed by atoms with Crippen LogP contribution in [0.15, 0.2) is 58.7 Å². The van der Waals surface area contributed by atoms with Crippen molar-refractivity contribution in [3.63, 3.8) is 0 Å². The number of nitrogens with one attached hydrogen (secondary N) is 4. The van der Waals surface area contributed by atoms with Gasteiger partial charge in [0.15, 0.2) is 0 Å². The van der Waals surface area contributed by atoms with Gasteiger partial charge >= 0.3 is 0 Å². The minimum Gasteiger partial charge on any atom is -0.326 e. The second-order valence-electron chi connectivity index (χ2n) is 13.2. The first-order valence-electron chi connectivity index (χ1n) is 17.8. The van der Waals surface area contributed by atoms with E-state index in [9.17, 15) is 19.2 Å². The van der Waals surface area contributed by atoms with Gasteiger partial charge in [0.25, 0.3) is 0 Å². The molecule has 2 aromatic rings. The molecule has 2 saturated carbocycles. The Kier molecular flexibility index (Phi) is 14.8. The minimum absolute atomic E-state index is 0.0966. The molecule has 10 heteroatoms. The highest BCUT2D eigenvalue weighted by atomic mass is 16.2. The maximum Gasteiger partial charge on any atom is 0.240 e. The van der Waals surface area contributed by atoms with E-state index in [0.29, 0.717) is 37.1 Å². The van der Waals surface area contributed by atoms with Crippen molar-refractivity contribution < 1.29 is 19.2 Å². The van der Waals surface area contributed by atoms with Crippen molar-refractivity contribution in [2.24, 2.45) is 22.0 Å². The third-order valence-electron chi connectivity index (χ3n) is 9.35. The molecule has 48 heavy (non-hydrogen) atoms. The fraction of sp³-hybridized carbons (Fsp3) is 0.526. The molecule has 4 amide bonds. The van der Waals surface area contributed by atoms with Crippen LogP contribution in [0.2, 0.25) is 0 Å². The number of hydrazone groups is 2. The Balaban J connectivity index is 1.06. The van der Waals surface area contributed by atoms with Crippen LogP contribution in [0, 0.1) is 11.8 Å². The van der Waals surface area contributed by atoms with Gasteiger partial charge in [-0.1, -0.05) is 75.6 Å². The summed E-state index contributed by atoms with van der Waals surface area (Å²) in [5, 5.41) is 14.5. The monoisotopic (exact) mass is 656 g/mol. The molecule has 0 aliphatic heterocycles. The lowest BCUT2D eigenvalue weighted by atomic mass is 9.88. The first-order valence-corrected chi connectivity index (χ1v) is 17.8. The first kappa shape index (κ1) is 36.5. The van der Waals surface area contributed by atoms with E-state index in [-0.39, 0.29) is 35.5 Å². The van der Waals surface area contributed by atoms with E-state index in [2.05, 4.69) is 31.7 Å². The number of anilines is 2. The molecule has 0 atom stereocenters. The first-order chi connectivity index (χ1) is 23.3. The molecular formula is C38H52N6O4. The van der Waals surface area contributed by atoms with Gasteiger partial charge in [0.05, 0.1) is 11.4 Å². The van der Waals surface area contributed by atoms with Crippen LogP contribution in [0.25, 0.3) is 0 Å². The molecule has 2 aliphatic rings. The smallest absolute Gasteiger partial charge is 0.240 e. The summed E-state index contributed by atoms with van der Waals surface area (Å²) in [4.78, 5) is 49.5. The van der Waals surface area contributed by atoms with Crippen molar-refractivity contribution >= 4 is 46.4 Å². The highest BCUT2D eigenvalue weighted by Crippen LogP contribution is 2.26. The van der Waals surface area contributed by atoms with Gasteiger partial charge in [-0.25, -0.2) is 10.9 Å². The number of carbonyl (C=O) groups excluding carboxylic acids is 4. The van der Waals surface area contributed by atoms with Crippen LogP contribution in [0.4, 0.5) is 11.4 Å². The summed E-state index contributed by atoms with van der Waals surface area (Å²) < 4.78 is 0. The number of benzene rings is 2. The topological polar surface area (TPSA) is 141 Å². The van der Waals surface area contributed by atoms with Crippen LogP contribution in [-0.4, -0.2) is 35.1 Å². The third kappa shape index (κ3) is 12.4. The predicted molar refractivity (Wildman–Crippen MR) is 192 cm³/mol. The van der Waals surface area contributed by atoms with E-state index in [4.69, 9.17) is 0 Å². The zero-order valence-corrected chi connectivity index (χ0v) is 28.6. The number of unbranched alkanes of at least 4 members (excludes halogenated alkanes) is 3. The van der Waals surface area contributed by atoms with Crippen LogP contribution < -0.4 is 21.5 Å². The fourth-order valence-electron chi connectivity index (χ4n) is 6.27. The average Bonchev–Trinajstić information content (AvgIpc) is 3.12. The molecule has 4 rings (SSSR count). The largest absolute Gasteiger partial charge is 0.326 e. The van der Waals surface area contributed by atoms with Crippen LogP contribution in [0.3, 0.4) is 0 Å². The van der Waals surface area contributed by atoms with Crippen molar-refractivity contribution in [2.75, 3.05) is 10.6 Å². The zero-order chi connectivity index (χ0) is 34.1. The van der Waals surface area contributed by atoms with Gasteiger partial charge in [-0.15, -0.1) is 0 Å². The van der Waals surface area contributed by atoms with Gasteiger partial charge < -0.3 is 10.6 Å². The molecule has 0 saturated heterocycles. The van der Waals surface area contributed by atoms with Crippen LogP contribution in [0.5, 0.6) is 0 Å². The highest BCUT2D eigenvalue weighted by Gasteiger charge is 2.22. The molecule has 2 aromatic carbocycles. The standard InChI is InChI=1S/C38H52N6O4/c1-27(29-19-23-33(24-20-29)39-37(47)31-13-7-5-8-14-31)41-43-35(45)17-11-3-4-12-18-36(46)44-42-28(2)30-21-25-34(26-22-30)40-38(48)32-15-9-6-10-16-32/h19-26,31-32H,3-18H2,1-2H3,(H,39,47)(H,40,48)(H,43,45)(H,44,46)/b41-27+,42-28+. The summed E-state index contributed by atoms with van der Waals surface area (Å²) in [6, 6.07) is 15.0. The number of nitrogens with zero attached hydrogens (tertiary/aromatic N) is 2. The number of hydrogen-bond donors (Lipinski definition) is 4. The van der Waals surface area contributed by atoms with Crippen molar-refractivity contribution in [3.8, 4) is 0 Å². The van der Waals surface area contributed by atoms with E-state index < -0.39 is 0 Å². The van der Waals surface area contributed by atoms with Gasteiger partial charge in [0.2, 0.25) is 23.6 Å². The maximum absolute atomic E-state index is 12.5. The van der Waals surface area contributed by atoms with Gasteiger partial charge in [-0.3, -0.25) is 19.2 Å². The summed E-state index contributed by atoms with van der Waals surface area (Å²) in [6.45, 7) is 3.67. The normalized spacial score (nSPS) is 16.2. The van der Waals surface area contributed by atoms with Crippen LogP contribution in [-0.2, 0) is 19.2 Å². The molecule has 10 nitrogen and oxygen atoms in total. The second kappa shape index (κ2) is 19.5. The number of amides is 4. The van der Waals surface area contributed by atoms with Crippen LogP contribution >= 0.6 is 0 Å². The zero-order valence-electron chi connectivity index (χ0n) is 28.6. The molecule has 0 bridgehead atoms. The minimum atomic E-state index is -0.145. The SMILES string of the molecule is C/C(=N\NC(=O)CCCCCCC(=O)N/N=C(\C)c1ccc(NC(=O)C2CCCCC2)cc1)c1ccc(NC(=O)C2CCCCC2)cc1. The van der Waals surface area contributed by atoms with Crippen molar-refractivity contribution in [3.05, 3.63) is 59.7 Å². The summed E-state index contributed by atoms with van der Waals surface area (Å²) in [6.07, 6.45) is 14.6. The Morgan fingerprint density at radius 2 is 0.896 bits per heavy atom. The molecule has 0 unspecified atom stereocenters. The average molecular weight is 657 g/mol. The lowest BCUT2D eigenvalue weighted by Gasteiger charge is -2.20. The molecule has 2 fully saturated rings. The van der Waals surface area contributed by atoms with Crippen LogP contribution in [0.1, 0.15) is 128 Å². The molecule has 0 radical (unpaired) electrons. The third-order valence-corrected chi connectivity index (χ3v) is 9.35. The van der Waals surface area contributed by atoms with E-state index in [1.807, 2.05) is 62.4 Å². The Labute approximate surface area is 285 Å². The summed E-state index contributed by atoms with van der Waals surface area (Å²) in [5.74, 6) is 0.115. The summed E-state index contributed by atoms with van der Waals surface area (Å²) >= 11 is 0. The number of carbonyl (C=O) groups is 4. The summed E-state index contributed by atoms with van der Waals surface area (Å²) in [7, 11) is 0. The number of hydrogen-bond acceptors (Lipinski definition) is 6. The Morgan fingerprint density at radius 3 is 1.25 bits per heavy atom. The quantitative estimate of drug-likeness (QED) is 0.0898. The van der Waals surface area contributed by atoms with Crippen molar-refractivity contribution in [1.29, 1.82) is 0 Å². The van der Waals surface area contributed by atoms with E-state index >= 15 is 0 Å². The molecule has 4 N–H and O–H groups in total. The maximum atomic E-state index is 12.5. The molecule has 258 valence electrons. The highest BCUT2D eigenvalue weighted by molar-refractivity contribution is 6.01.